The Labute approximate surface area is 149 Å². The second-order valence-electron chi connectivity index (χ2n) is 7.08. The highest BCUT2D eigenvalue weighted by atomic mass is 16.5. The molecule has 1 aromatic rings. The van der Waals surface area contributed by atoms with E-state index < -0.39 is 0 Å². The van der Waals surface area contributed by atoms with Crippen LogP contribution in [0.3, 0.4) is 0 Å². The van der Waals surface area contributed by atoms with Crippen LogP contribution in [0.4, 0.5) is 0 Å². The zero-order valence-electron chi connectivity index (χ0n) is 15.0. The Kier molecular flexibility index (Phi) is 6.08. The quantitative estimate of drug-likeness (QED) is 0.844. The zero-order chi connectivity index (χ0) is 17.6. The first kappa shape index (κ1) is 17.9. The largest absolute Gasteiger partial charge is 0.376 e. The van der Waals surface area contributed by atoms with Crippen LogP contribution in [0.15, 0.2) is 30.3 Å². The molecule has 0 spiro atoms. The number of ether oxygens (including phenoxy) is 1. The van der Waals surface area contributed by atoms with Gasteiger partial charge in [-0.05, 0) is 50.7 Å². The maximum Gasteiger partial charge on any atom is 0.254 e. The van der Waals surface area contributed by atoms with Crippen LogP contribution < -0.4 is 0 Å². The second kappa shape index (κ2) is 8.48. The third kappa shape index (κ3) is 4.40. The number of carbonyl (C=O) groups excluding carboxylic acids is 2. The molecular formula is C20H28N2O3. The monoisotopic (exact) mass is 344 g/mol. The number of likely N-dealkylation sites (N-methyl/N-ethyl adjacent to an activating group) is 1. The van der Waals surface area contributed by atoms with Crippen LogP contribution in [0.5, 0.6) is 0 Å². The van der Waals surface area contributed by atoms with Gasteiger partial charge in [0.25, 0.3) is 5.91 Å². The standard InChI is InChI=1S/C20H28N2O3/c1-21(15-17-11-6-8-14-25-17)20(24)18-12-5-7-13-22(18)19(23)16-9-3-2-4-10-16/h2-4,9-10,17-18H,5-8,11-15H2,1H3/t17-,18-/m1/s1. The molecule has 3 rings (SSSR count). The Morgan fingerprint density at radius 1 is 1.12 bits per heavy atom. The summed E-state index contributed by atoms with van der Waals surface area (Å²) in [6, 6.07) is 8.90. The van der Waals surface area contributed by atoms with Crippen molar-refractivity contribution in [2.75, 3.05) is 26.7 Å². The molecule has 0 aliphatic carbocycles. The maximum atomic E-state index is 13.0. The minimum Gasteiger partial charge on any atom is -0.376 e. The summed E-state index contributed by atoms with van der Waals surface area (Å²) < 4.78 is 5.76. The summed E-state index contributed by atoms with van der Waals surface area (Å²) >= 11 is 0. The Morgan fingerprint density at radius 2 is 1.88 bits per heavy atom. The number of likely N-dealkylation sites (tertiary alicyclic amines) is 1. The van der Waals surface area contributed by atoms with Gasteiger partial charge in [-0.25, -0.2) is 0 Å². The lowest BCUT2D eigenvalue weighted by Crippen LogP contribution is -2.53. The summed E-state index contributed by atoms with van der Waals surface area (Å²) in [6.07, 6.45) is 6.10. The summed E-state index contributed by atoms with van der Waals surface area (Å²) in [5.41, 5.74) is 0.653. The predicted molar refractivity (Wildman–Crippen MR) is 96.3 cm³/mol. The smallest absolute Gasteiger partial charge is 0.254 e. The lowest BCUT2D eigenvalue weighted by Gasteiger charge is -2.38. The Balaban J connectivity index is 1.67. The third-order valence-corrected chi connectivity index (χ3v) is 5.20. The summed E-state index contributed by atoms with van der Waals surface area (Å²) in [5.74, 6) is -0.000814. The van der Waals surface area contributed by atoms with Crippen molar-refractivity contribution in [3.8, 4) is 0 Å². The Bertz CT molecular complexity index is 584. The minimum absolute atomic E-state index is 0.0400. The molecule has 0 N–H and O–H groups in total. The van der Waals surface area contributed by atoms with E-state index in [2.05, 4.69) is 0 Å². The van der Waals surface area contributed by atoms with Gasteiger partial charge in [-0.2, -0.15) is 0 Å². The molecule has 25 heavy (non-hydrogen) atoms. The second-order valence-corrected chi connectivity index (χ2v) is 7.08. The number of nitrogens with zero attached hydrogens (tertiary/aromatic N) is 2. The molecule has 136 valence electrons. The van der Waals surface area contributed by atoms with Crippen LogP contribution in [-0.4, -0.2) is 60.5 Å². The van der Waals surface area contributed by atoms with Gasteiger partial charge in [-0.3, -0.25) is 9.59 Å². The first-order valence-electron chi connectivity index (χ1n) is 9.39. The summed E-state index contributed by atoms with van der Waals surface area (Å²) in [5, 5.41) is 0. The topological polar surface area (TPSA) is 49.9 Å². The molecule has 0 saturated carbocycles. The van der Waals surface area contributed by atoms with E-state index in [-0.39, 0.29) is 24.0 Å². The summed E-state index contributed by atoms with van der Waals surface area (Å²) in [6.45, 7) is 2.05. The molecule has 2 atom stereocenters. The fourth-order valence-corrected chi connectivity index (χ4v) is 3.78. The minimum atomic E-state index is -0.352. The molecule has 2 aliphatic heterocycles. The molecule has 0 bridgehead atoms. The van der Waals surface area contributed by atoms with E-state index in [0.29, 0.717) is 18.7 Å². The van der Waals surface area contributed by atoms with Gasteiger partial charge in [0, 0.05) is 32.3 Å². The number of rotatable bonds is 4. The van der Waals surface area contributed by atoms with Gasteiger partial charge in [0.05, 0.1) is 6.10 Å². The van der Waals surface area contributed by atoms with Gasteiger partial charge in [0.2, 0.25) is 5.91 Å². The molecule has 5 nitrogen and oxygen atoms in total. The van der Waals surface area contributed by atoms with E-state index in [1.54, 1.807) is 9.80 Å². The summed E-state index contributed by atoms with van der Waals surface area (Å²) in [4.78, 5) is 29.4. The average molecular weight is 344 g/mol. The highest BCUT2D eigenvalue weighted by Gasteiger charge is 2.34. The summed E-state index contributed by atoms with van der Waals surface area (Å²) in [7, 11) is 1.83. The molecule has 0 radical (unpaired) electrons. The highest BCUT2D eigenvalue weighted by Crippen LogP contribution is 2.22. The van der Waals surface area contributed by atoms with Crippen molar-refractivity contribution in [3.05, 3.63) is 35.9 Å². The lowest BCUT2D eigenvalue weighted by atomic mass is 9.99. The molecule has 2 heterocycles. The van der Waals surface area contributed by atoms with Gasteiger partial charge in [-0.1, -0.05) is 18.2 Å². The molecule has 5 heteroatoms. The fourth-order valence-electron chi connectivity index (χ4n) is 3.78. The molecule has 0 aromatic heterocycles. The van der Waals surface area contributed by atoms with Gasteiger partial charge >= 0.3 is 0 Å². The van der Waals surface area contributed by atoms with Crippen LogP contribution in [-0.2, 0) is 9.53 Å². The maximum absolute atomic E-state index is 13.0. The van der Waals surface area contributed by atoms with Crippen LogP contribution in [0.1, 0.15) is 48.9 Å². The Hall–Kier alpha value is -1.88. The molecule has 2 saturated heterocycles. The van der Waals surface area contributed by atoms with Gasteiger partial charge in [0.15, 0.2) is 0 Å². The van der Waals surface area contributed by atoms with E-state index in [0.717, 1.165) is 45.1 Å². The number of carbonyl (C=O) groups is 2. The van der Waals surface area contributed by atoms with Crippen molar-refractivity contribution in [2.45, 2.75) is 50.7 Å². The number of piperidine rings is 1. The van der Waals surface area contributed by atoms with E-state index in [1.165, 1.54) is 0 Å². The normalized spacial score (nSPS) is 24.0. The average Bonchev–Trinajstić information content (AvgIpc) is 2.68. The molecule has 2 fully saturated rings. The van der Waals surface area contributed by atoms with E-state index in [1.807, 2.05) is 37.4 Å². The van der Waals surface area contributed by atoms with Crippen LogP contribution in [0, 0.1) is 0 Å². The lowest BCUT2D eigenvalue weighted by molar-refractivity contribution is -0.138. The Morgan fingerprint density at radius 3 is 2.60 bits per heavy atom. The fraction of sp³-hybridized carbons (Fsp3) is 0.600. The van der Waals surface area contributed by atoms with Crippen molar-refractivity contribution >= 4 is 11.8 Å². The first-order valence-corrected chi connectivity index (χ1v) is 9.39. The third-order valence-electron chi connectivity index (χ3n) is 5.20. The van der Waals surface area contributed by atoms with Crippen LogP contribution in [0.25, 0.3) is 0 Å². The van der Waals surface area contributed by atoms with E-state index in [4.69, 9.17) is 4.74 Å². The number of hydrogen-bond donors (Lipinski definition) is 0. The van der Waals surface area contributed by atoms with Crippen molar-refractivity contribution < 1.29 is 14.3 Å². The van der Waals surface area contributed by atoms with Crippen molar-refractivity contribution in [1.82, 2.24) is 9.80 Å². The first-order chi connectivity index (χ1) is 12.2. The van der Waals surface area contributed by atoms with E-state index >= 15 is 0 Å². The van der Waals surface area contributed by atoms with Gasteiger partial charge in [0.1, 0.15) is 6.04 Å². The number of amides is 2. The van der Waals surface area contributed by atoms with Crippen molar-refractivity contribution in [1.29, 1.82) is 0 Å². The van der Waals surface area contributed by atoms with Gasteiger partial charge in [-0.15, -0.1) is 0 Å². The van der Waals surface area contributed by atoms with Gasteiger partial charge < -0.3 is 14.5 Å². The highest BCUT2D eigenvalue weighted by molar-refractivity contribution is 5.97. The van der Waals surface area contributed by atoms with Crippen molar-refractivity contribution in [3.63, 3.8) is 0 Å². The number of benzene rings is 1. The molecule has 2 aliphatic rings. The SMILES string of the molecule is CN(C[C@H]1CCCCO1)C(=O)[C@H]1CCCCN1C(=O)c1ccccc1. The molecule has 0 unspecified atom stereocenters. The van der Waals surface area contributed by atoms with Crippen LogP contribution in [0.2, 0.25) is 0 Å². The molecular weight excluding hydrogens is 316 g/mol. The molecule has 1 aromatic carbocycles. The zero-order valence-corrected chi connectivity index (χ0v) is 15.0. The number of hydrogen-bond acceptors (Lipinski definition) is 3. The molecule has 2 amide bonds. The van der Waals surface area contributed by atoms with Crippen molar-refractivity contribution in [2.24, 2.45) is 0 Å². The predicted octanol–water partition coefficient (Wildman–Crippen LogP) is 2.71. The van der Waals surface area contributed by atoms with E-state index in [9.17, 15) is 9.59 Å². The van der Waals surface area contributed by atoms with Crippen LogP contribution >= 0.6 is 0 Å².